The van der Waals surface area contributed by atoms with E-state index in [1.165, 1.54) is 0 Å². The quantitative estimate of drug-likeness (QED) is 0.268. The smallest absolute Gasteiger partial charge is 0.105 e. The zero-order valence-corrected chi connectivity index (χ0v) is 20.5. The second-order valence-corrected chi connectivity index (χ2v) is 8.39. The lowest BCUT2D eigenvalue weighted by Crippen LogP contribution is -2.11. The van der Waals surface area contributed by atoms with Gasteiger partial charge in [-0.15, -0.1) is 0 Å². The second kappa shape index (κ2) is 10.1. The fourth-order valence-electron chi connectivity index (χ4n) is 3.81. The van der Waals surface area contributed by atoms with Crippen LogP contribution in [0.25, 0.3) is 17.3 Å². The van der Waals surface area contributed by atoms with Crippen molar-refractivity contribution in [1.82, 2.24) is 14.8 Å². The van der Waals surface area contributed by atoms with Gasteiger partial charge < -0.3 is 10.2 Å². The van der Waals surface area contributed by atoms with Gasteiger partial charge in [0.25, 0.3) is 0 Å². The van der Waals surface area contributed by atoms with Crippen LogP contribution in [0.2, 0.25) is 10.0 Å². The van der Waals surface area contributed by atoms with Crippen molar-refractivity contribution in [2.45, 2.75) is 6.54 Å². The molecule has 1 N–H and O–H groups in total. The monoisotopic (exact) mass is 490 g/mol. The van der Waals surface area contributed by atoms with Crippen LogP contribution in [0.4, 0.5) is 22.7 Å². The molecule has 0 amide bonds. The van der Waals surface area contributed by atoms with Crippen molar-refractivity contribution >= 4 is 58.7 Å². The van der Waals surface area contributed by atoms with Gasteiger partial charge in [-0.2, -0.15) is 5.10 Å². The molecular formula is C26H24Cl2N6. The molecule has 2 heterocycles. The summed E-state index contributed by atoms with van der Waals surface area (Å²) >= 11 is 13.0. The molecule has 0 atom stereocenters. The number of nitrogens with one attached hydrogen (secondary N) is 1. The van der Waals surface area contributed by atoms with Gasteiger partial charge in [-0.1, -0.05) is 41.9 Å². The van der Waals surface area contributed by atoms with Gasteiger partial charge in [0, 0.05) is 43.4 Å². The summed E-state index contributed by atoms with van der Waals surface area (Å²) in [6, 6.07) is 15.6. The van der Waals surface area contributed by atoms with Gasteiger partial charge in [0.15, 0.2) is 0 Å². The first-order chi connectivity index (χ1) is 16.5. The Balaban J connectivity index is 1.78. The Morgan fingerprint density at radius 3 is 2.65 bits per heavy atom. The van der Waals surface area contributed by atoms with E-state index in [-0.39, 0.29) is 0 Å². The molecule has 0 aliphatic rings. The van der Waals surface area contributed by atoms with E-state index in [1.54, 1.807) is 18.5 Å². The first-order valence-corrected chi connectivity index (χ1v) is 11.3. The van der Waals surface area contributed by atoms with Gasteiger partial charge in [0.2, 0.25) is 0 Å². The lowest BCUT2D eigenvalue weighted by atomic mass is 10.1. The fraction of sp³-hybridized carbons (Fsp3) is 0.115. The summed E-state index contributed by atoms with van der Waals surface area (Å²) < 4.78 is 1.85. The molecule has 0 aliphatic carbocycles. The predicted octanol–water partition coefficient (Wildman–Crippen LogP) is 7.08. The molecule has 4 aromatic rings. The van der Waals surface area contributed by atoms with Crippen LogP contribution < -0.4 is 10.2 Å². The molecule has 0 saturated heterocycles. The lowest BCUT2D eigenvalue weighted by molar-refractivity contribution is 0.680. The minimum Gasteiger partial charge on any atom is -0.388 e. The minimum atomic E-state index is 0.431. The van der Waals surface area contributed by atoms with Crippen LogP contribution in [0.5, 0.6) is 0 Å². The molecule has 0 unspecified atom stereocenters. The Bertz CT molecular complexity index is 1360. The van der Waals surface area contributed by atoms with Gasteiger partial charge in [-0.05, 0) is 54.7 Å². The molecule has 0 aliphatic heterocycles. The predicted molar refractivity (Wildman–Crippen MR) is 144 cm³/mol. The van der Waals surface area contributed by atoms with Gasteiger partial charge in [0.05, 0.1) is 33.7 Å². The SMILES string of the molecule is C=Cc1ccc(N(C)c2cc(-c3ccnn3Cc3ncccc3Cl)cc(Cl)c2N=C)cc1NC. The average molecular weight is 491 g/mol. The van der Waals surface area contributed by atoms with Gasteiger partial charge in [-0.3, -0.25) is 14.7 Å². The number of benzene rings is 2. The molecule has 4 rings (SSSR count). The van der Waals surface area contributed by atoms with Gasteiger partial charge in [0.1, 0.15) is 5.69 Å². The summed E-state index contributed by atoms with van der Waals surface area (Å²) in [6.45, 7) is 8.05. The number of aromatic nitrogens is 3. The van der Waals surface area contributed by atoms with Crippen molar-refractivity contribution < 1.29 is 0 Å². The number of anilines is 3. The number of hydrogen-bond donors (Lipinski definition) is 1. The molecule has 2 aromatic carbocycles. The maximum absolute atomic E-state index is 6.68. The number of nitrogens with zero attached hydrogens (tertiary/aromatic N) is 5. The Labute approximate surface area is 209 Å². The Hall–Kier alpha value is -3.61. The summed E-state index contributed by atoms with van der Waals surface area (Å²) in [5.74, 6) is 0. The first kappa shape index (κ1) is 23.5. The second-order valence-electron chi connectivity index (χ2n) is 7.57. The van der Waals surface area contributed by atoms with E-state index in [1.807, 2.05) is 66.2 Å². The van der Waals surface area contributed by atoms with E-state index < -0.39 is 0 Å². The molecule has 34 heavy (non-hydrogen) atoms. The summed E-state index contributed by atoms with van der Waals surface area (Å²) in [7, 11) is 3.85. The van der Waals surface area contributed by atoms with Crippen molar-refractivity contribution in [3.8, 4) is 11.3 Å². The maximum Gasteiger partial charge on any atom is 0.105 e. The maximum atomic E-state index is 6.68. The van der Waals surface area contributed by atoms with Crippen LogP contribution in [0, 0.1) is 0 Å². The number of pyridine rings is 1. The van der Waals surface area contributed by atoms with E-state index in [9.17, 15) is 0 Å². The van der Waals surface area contributed by atoms with Gasteiger partial charge in [-0.25, -0.2) is 0 Å². The molecule has 0 spiro atoms. The van der Waals surface area contributed by atoms with Crippen molar-refractivity contribution in [2.24, 2.45) is 4.99 Å². The third-order valence-electron chi connectivity index (χ3n) is 5.62. The van der Waals surface area contributed by atoms with Crippen molar-refractivity contribution in [3.05, 3.63) is 88.8 Å². The standard InChI is InChI=1S/C26H24Cl2N6/c1-5-17-8-9-19(15-22(17)29-2)33(4)25-14-18(13-21(28)26(25)30-3)24-10-12-32-34(24)16-23-20(27)7-6-11-31-23/h5-15,29H,1,3,16H2,2,4H3. The highest BCUT2D eigenvalue weighted by Gasteiger charge is 2.18. The fourth-order valence-corrected chi connectivity index (χ4v) is 4.27. The first-order valence-electron chi connectivity index (χ1n) is 10.6. The molecule has 0 fully saturated rings. The highest BCUT2D eigenvalue weighted by Crippen LogP contribution is 2.42. The summed E-state index contributed by atoms with van der Waals surface area (Å²) in [6.07, 6.45) is 5.28. The van der Waals surface area contributed by atoms with E-state index in [0.717, 1.165) is 39.6 Å². The highest BCUT2D eigenvalue weighted by molar-refractivity contribution is 6.34. The molecule has 0 radical (unpaired) electrons. The van der Waals surface area contributed by atoms with E-state index >= 15 is 0 Å². The van der Waals surface area contributed by atoms with Crippen LogP contribution in [-0.2, 0) is 6.54 Å². The Morgan fingerprint density at radius 2 is 1.94 bits per heavy atom. The van der Waals surface area contributed by atoms with E-state index in [4.69, 9.17) is 23.2 Å². The summed E-state index contributed by atoms with van der Waals surface area (Å²) in [4.78, 5) is 10.6. The van der Waals surface area contributed by atoms with Crippen LogP contribution in [0.3, 0.4) is 0 Å². The Kier molecular flexibility index (Phi) is 7.01. The average Bonchev–Trinajstić information content (AvgIpc) is 3.32. The van der Waals surface area contributed by atoms with E-state index in [0.29, 0.717) is 22.3 Å². The molecule has 2 aromatic heterocycles. The van der Waals surface area contributed by atoms with Gasteiger partial charge >= 0.3 is 0 Å². The molecule has 172 valence electrons. The highest BCUT2D eigenvalue weighted by atomic mass is 35.5. The largest absolute Gasteiger partial charge is 0.388 e. The van der Waals surface area contributed by atoms with Crippen LogP contribution in [-0.4, -0.2) is 35.6 Å². The molecule has 0 bridgehead atoms. The van der Waals surface area contributed by atoms with Crippen molar-refractivity contribution in [2.75, 3.05) is 24.3 Å². The zero-order chi connectivity index (χ0) is 24.2. The van der Waals surface area contributed by atoms with Crippen LogP contribution >= 0.6 is 23.2 Å². The lowest BCUT2D eigenvalue weighted by Gasteiger charge is -2.24. The minimum absolute atomic E-state index is 0.431. The van der Waals surface area contributed by atoms with Crippen molar-refractivity contribution in [3.63, 3.8) is 0 Å². The molecule has 6 nitrogen and oxygen atoms in total. The Morgan fingerprint density at radius 1 is 1.12 bits per heavy atom. The molecule has 8 heteroatoms. The van der Waals surface area contributed by atoms with E-state index in [2.05, 4.69) is 39.8 Å². The van der Waals surface area contributed by atoms with Crippen LogP contribution in [0.15, 0.2) is 72.5 Å². The molecular weight excluding hydrogens is 467 g/mol. The third-order valence-corrected chi connectivity index (χ3v) is 6.25. The number of hydrogen-bond acceptors (Lipinski definition) is 5. The number of rotatable bonds is 8. The summed E-state index contributed by atoms with van der Waals surface area (Å²) in [5, 5.41) is 8.79. The normalized spacial score (nSPS) is 10.7. The zero-order valence-electron chi connectivity index (χ0n) is 19.0. The van der Waals surface area contributed by atoms with Crippen LogP contribution in [0.1, 0.15) is 11.3 Å². The molecule has 0 saturated carbocycles. The third kappa shape index (κ3) is 4.55. The topological polar surface area (TPSA) is 58.3 Å². The number of halogens is 2. The summed E-state index contributed by atoms with van der Waals surface area (Å²) in [5.41, 5.74) is 6.88. The number of aliphatic imine (C=N–C) groups is 1. The van der Waals surface area contributed by atoms with Crippen molar-refractivity contribution in [1.29, 1.82) is 0 Å².